The summed E-state index contributed by atoms with van der Waals surface area (Å²) in [6.07, 6.45) is 2.44. The van der Waals surface area contributed by atoms with Crippen LogP contribution in [-0.4, -0.2) is 17.4 Å². The number of rotatable bonds is 7. The normalized spacial score (nSPS) is 11.6. The number of halogens is 1. The lowest BCUT2D eigenvalue weighted by molar-refractivity contribution is 0.0949. The van der Waals surface area contributed by atoms with Crippen molar-refractivity contribution in [3.05, 3.63) is 94.8 Å². The largest absolute Gasteiger partial charge is 0.377 e. The first-order chi connectivity index (χ1) is 13.1. The zero-order valence-corrected chi connectivity index (χ0v) is 15.9. The van der Waals surface area contributed by atoms with Crippen molar-refractivity contribution in [2.45, 2.75) is 19.4 Å². The van der Waals surface area contributed by atoms with Gasteiger partial charge in [0.25, 0.3) is 5.91 Å². The van der Waals surface area contributed by atoms with Crippen LogP contribution in [0.2, 0.25) is 5.02 Å². The van der Waals surface area contributed by atoms with Crippen LogP contribution in [0.15, 0.2) is 72.9 Å². The van der Waals surface area contributed by atoms with E-state index in [1.165, 1.54) is 5.56 Å². The third kappa shape index (κ3) is 5.56. The number of carbonyl (C=O) groups is 1. The van der Waals surface area contributed by atoms with E-state index in [-0.39, 0.29) is 11.9 Å². The third-order valence-corrected chi connectivity index (χ3v) is 4.54. The molecule has 5 heteroatoms. The molecular weight excluding hydrogens is 358 g/mol. The van der Waals surface area contributed by atoms with Crippen molar-refractivity contribution in [3.63, 3.8) is 0 Å². The summed E-state index contributed by atoms with van der Waals surface area (Å²) in [6, 6.07) is 21.6. The topological polar surface area (TPSA) is 54.0 Å². The number of amides is 1. The van der Waals surface area contributed by atoms with Crippen molar-refractivity contribution in [2.24, 2.45) is 0 Å². The van der Waals surface area contributed by atoms with Crippen molar-refractivity contribution in [3.8, 4) is 0 Å². The predicted molar refractivity (Wildman–Crippen MR) is 110 cm³/mol. The summed E-state index contributed by atoms with van der Waals surface area (Å²) in [5.41, 5.74) is 3.61. The maximum absolute atomic E-state index is 12.2. The highest BCUT2D eigenvalue weighted by atomic mass is 35.5. The second kappa shape index (κ2) is 9.19. The SMILES string of the molecule is CC(Nc1ccc(C(=O)NCCc2ccc(Cl)cc2)nc1)c1ccccc1. The number of hydrogen-bond acceptors (Lipinski definition) is 3. The monoisotopic (exact) mass is 379 g/mol. The molecule has 0 saturated heterocycles. The van der Waals surface area contributed by atoms with Gasteiger partial charge in [-0.3, -0.25) is 4.79 Å². The van der Waals surface area contributed by atoms with E-state index in [1.807, 2.05) is 48.5 Å². The van der Waals surface area contributed by atoms with Gasteiger partial charge in [-0.15, -0.1) is 0 Å². The predicted octanol–water partition coefficient (Wildman–Crippen LogP) is 4.88. The van der Waals surface area contributed by atoms with E-state index in [0.29, 0.717) is 17.3 Å². The van der Waals surface area contributed by atoms with E-state index < -0.39 is 0 Å². The Bertz CT molecular complexity index is 864. The maximum Gasteiger partial charge on any atom is 0.269 e. The van der Waals surface area contributed by atoms with Crippen LogP contribution in [-0.2, 0) is 6.42 Å². The fraction of sp³-hybridized carbons (Fsp3) is 0.182. The number of nitrogens with zero attached hydrogens (tertiary/aromatic N) is 1. The second-order valence-electron chi connectivity index (χ2n) is 6.34. The molecule has 0 spiro atoms. The number of aromatic nitrogens is 1. The van der Waals surface area contributed by atoms with E-state index in [0.717, 1.165) is 17.7 Å². The zero-order chi connectivity index (χ0) is 19.1. The lowest BCUT2D eigenvalue weighted by Gasteiger charge is -2.15. The molecule has 0 radical (unpaired) electrons. The molecule has 0 aliphatic carbocycles. The first-order valence-corrected chi connectivity index (χ1v) is 9.30. The van der Waals surface area contributed by atoms with Gasteiger partial charge in [0.05, 0.1) is 11.9 Å². The molecule has 3 aromatic rings. The summed E-state index contributed by atoms with van der Waals surface area (Å²) >= 11 is 5.87. The highest BCUT2D eigenvalue weighted by molar-refractivity contribution is 6.30. The summed E-state index contributed by atoms with van der Waals surface area (Å²) < 4.78 is 0. The zero-order valence-electron chi connectivity index (χ0n) is 15.2. The Morgan fingerprint density at radius 1 is 1.04 bits per heavy atom. The number of hydrogen-bond donors (Lipinski definition) is 2. The molecule has 0 fully saturated rings. The first kappa shape index (κ1) is 18.9. The van der Waals surface area contributed by atoms with Gasteiger partial charge >= 0.3 is 0 Å². The quantitative estimate of drug-likeness (QED) is 0.615. The number of carbonyl (C=O) groups excluding carboxylic acids is 1. The van der Waals surface area contributed by atoms with Gasteiger partial charge in [-0.2, -0.15) is 0 Å². The first-order valence-electron chi connectivity index (χ1n) is 8.92. The van der Waals surface area contributed by atoms with E-state index in [9.17, 15) is 4.79 Å². The average Bonchev–Trinajstić information content (AvgIpc) is 2.70. The van der Waals surface area contributed by atoms with Crippen molar-refractivity contribution in [1.29, 1.82) is 0 Å². The van der Waals surface area contributed by atoms with E-state index >= 15 is 0 Å². The molecule has 1 unspecified atom stereocenters. The maximum atomic E-state index is 12.2. The van der Waals surface area contributed by atoms with Gasteiger partial charge in [-0.05, 0) is 48.7 Å². The lowest BCUT2D eigenvalue weighted by atomic mass is 10.1. The van der Waals surface area contributed by atoms with E-state index in [1.54, 1.807) is 12.3 Å². The average molecular weight is 380 g/mol. The van der Waals surface area contributed by atoms with Crippen LogP contribution in [0.1, 0.15) is 34.6 Å². The third-order valence-electron chi connectivity index (χ3n) is 4.29. The van der Waals surface area contributed by atoms with Crippen molar-refractivity contribution in [1.82, 2.24) is 10.3 Å². The molecule has 27 heavy (non-hydrogen) atoms. The number of pyridine rings is 1. The molecule has 3 rings (SSSR count). The Labute approximate surface area is 164 Å². The minimum Gasteiger partial charge on any atom is -0.377 e. The van der Waals surface area contributed by atoms with Gasteiger partial charge in [0.15, 0.2) is 0 Å². The van der Waals surface area contributed by atoms with Gasteiger partial charge in [0, 0.05) is 17.6 Å². The molecule has 0 bridgehead atoms. The minimum absolute atomic E-state index is 0.159. The van der Waals surface area contributed by atoms with Crippen molar-refractivity contribution >= 4 is 23.2 Å². The smallest absolute Gasteiger partial charge is 0.269 e. The van der Waals surface area contributed by atoms with Crippen LogP contribution < -0.4 is 10.6 Å². The van der Waals surface area contributed by atoms with Gasteiger partial charge in [0.2, 0.25) is 0 Å². The number of anilines is 1. The van der Waals surface area contributed by atoms with E-state index in [2.05, 4.69) is 34.7 Å². The standard InChI is InChI=1S/C22H22ClN3O/c1-16(18-5-3-2-4-6-18)26-20-11-12-21(25-15-20)22(27)24-14-13-17-7-9-19(23)10-8-17/h2-12,15-16,26H,13-14H2,1H3,(H,24,27). The summed E-state index contributed by atoms with van der Waals surface area (Å²) in [5, 5.41) is 6.99. The Morgan fingerprint density at radius 3 is 2.44 bits per heavy atom. The lowest BCUT2D eigenvalue weighted by Crippen LogP contribution is -2.26. The highest BCUT2D eigenvalue weighted by Crippen LogP contribution is 2.18. The summed E-state index contributed by atoms with van der Waals surface area (Å²) in [4.78, 5) is 16.5. The van der Waals surface area contributed by atoms with Gasteiger partial charge in [0.1, 0.15) is 5.69 Å². The molecule has 0 saturated carbocycles. The van der Waals surface area contributed by atoms with Crippen LogP contribution in [0.25, 0.3) is 0 Å². The summed E-state index contributed by atoms with van der Waals surface area (Å²) in [6.45, 7) is 2.64. The molecule has 4 nitrogen and oxygen atoms in total. The molecule has 2 N–H and O–H groups in total. The van der Waals surface area contributed by atoms with Gasteiger partial charge in [-0.1, -0.05) is 54.1 Å². The molecular formula is C22H22ClN3O. The molecule has 2 aromatic carbocycles. The Kier molecular flexibility index (Phi) is 6.44. The van der Waals surface area contributed by atoms with Gasteiger partial charge < -0.3 is 10.6 Å². The summed E-state index contributed by atoms with van der Waals surface area (Å²) in [5.74, 6) is -0.174. The van der Waals surface area contributed by atoms with Gasteiger partial charge in [-0.25, -0.2) is 4.98 Å². The molecule has 1 amide bonds. The van der Waals surface area contributed by atoms with Crippen LogP contribution in [0.3, 0.4) is 0 Å². The van der Waals surface area contributed by atoms with Crippen LogP contribution in [0.5, 0.6) is 0 Å². The molecule has 0 aliphatic rings. The van der Waals surface area contributed by atoms with E-state index in [4.69, 9.17) is 11.6 Å². The molecule has 138 valence electrons. The second-order valence-corrected chi connectivity index (χ2v) is 6.78. The number of nitrogens with one attached hydrogen (secondary N) is 2. The van der Waals surface area contributed by atoms with Crippen molar-refractivity contribution < 1.29 is 4.79 Å². The molecule has 1 atom stereocenters. The fourth-order valence-corrected chi connectivity index (χ4v) is 2.88. The summed E-state index contributed by atoms with van der Waals surface area (Å²) in [7, 11) is 0. The highest BCUT2D eigenvalue weighted by Gasteiger charge is 2.08. The Balaban J connectivity index is 1.50. The molecule has 1 aromatic heterocycles. The minimum atomic E-state index is -0.174. The van der Waals surface area contributed by atoms with Crippen LogP contribution in [0.4, 0.5) is 5.69 Å². The Morgan fingerprint density at radius 2 is 1.78 bits per heavy atom. The van der Waals surface area contributed by atoms with Crippen LogP contribution in [0, 0.1) is 0 Å². The molecule has 1 heterocycles. The fourth-order valence-electron chi connectivity index (χ4n) is 2.75. The van der Waals surface area contributed by atoms with Crippen LogP contribution >= 0.6 is 11.6 Å². The Hall–Kier alpha value is -2.85. The van der Waals surface area contributed by atoms with Crippen molar-refractivity contribution in [2.75, 3.05) is 11.9 Å². The number of benzene rings is 2. The molecule has 0 aliphatic heterocycles.